The van der Waals surface area contributed by atoms with Gasteiger partial charge in [-0.25, -0.2) is 0 Å². The summed E-state index contributed by atoms with van der Waals surface area (Å²) in [4.78, 5) is 3.38. The van der Waals surface area contributed by atoms with Crippen LogP contribution in [0.2, 0.25) is 0 Å². The van der Waals surface area contributed by atoms with Gasteiger partial charge in [0.2, 0.25) is 0 Å². The smallest absolute Gasteiger partial charge is 0.0914 e. The van der Waals surface area contributed by atoms with E-state index < -0.39 is 10.8 Å². The van der Waals surface area contributed by atoms with Gasteiger partial charge in [0.25, 0.3) is 0 Å². The summed E-state index contributed by atoms with van der Waals surface area (Å²) in [5, 5.41) is 0. The van der Waals surface area contributed by atoms with E-state index in [-0.39, 0.29) is 0 Å². The Labute approximate surface area is 153 Å². The molecule has 1 aromatic carbocycles. The summed E-state index contributed by atoms with van der Waals surface area (Å²) in [6, 6.07) is 16.6. The highest BCUT2D eigenvalue weighted by Crippen LogP contribution is 2.34. The molecule has 0 aliphatic rings. The fourth-order valence-electron chi connectivity index (χ4n) is 2.23. The minimum Gasteiger partial charge on any atom is -0.254 e. The van der Waals surface area contributed by atoms with Gasteiger partial charge in [-0.05, 0) is 47.9 Å². The van der Waals surface area contributed by atoms with Gasteiger partial charge in [-0.3, -0.25) is 4.21 Å². The average molecular weight is 371 g/mol. The molecule has 3 rings (SSSR count). The maximum absolute atomic E-state index is 11.5. The molecule has 0 spiro atoms. The van der Waals surface area contributed by atoms with Crippen molar-refractivity contribution in [3.05, 3.63) is 64.5 Å². The largest absolute Gasteiger partial charge is 0.254 e. The standard InChI is InChI=1S/C20H18OS3/c1-14(2)16-7-4-15(5-8-16)6-9-17-10-11-18(22-17)19-12-13-20(23-19)24(3)21/h4-5,7-8,10-14H,1-3H3. The highest BCUT2D eigenvalue weighted by atomic mass is 32.2. The molecule has 0 saturated heterocycles. The zero-order valence-electron chi connectivity index (χ0n) is 13.8. The number of thiophene rings is 2. The van der Waals surface area contributed by atoms with Crippen molar-refractivity contribution in [2.75, 3.05) is 6.26 Å². The predicted molar refractivity (Wildman–Crippen MR) is 106 cm³/mol. The molecule has 0 saturated carbocycles. The van der Waals surface area contributed by atoms with Gasteiger partial charge in [-0.15, -0.1) is 22.7 Å². The summed E-state index contributed by atoms with van der Waals surface area (Å²) in [6.07, 6.45) is 1.71. The van der Waals surface area contributed by atoms with Crippen molar-refractivity contribution in [2.45, 2.75) is 24.0 Å². The van der Waals surface area contributed by atoms with Gasteiger partial charge in [0, 0.05) is 21.6 Å². The van der Waals surface area contributed by atoms with Crippen LogP contribution >= 0.6 is 22.7 Å². The lowest BCUT2D eigenvalue weighted by Crippen LogP contribution is -1.86. The fourth-order valence-corrected chi connectivity index (χ4v) is 4.92. The number of benzene rings is 1. The third-order valence-corrected chi connectivity index (χ3v) is 7.35. The quantitative estimate of drug-likeness (QED) is 0.538. The SMILES string of the molecule is CC(C)c1ccc(C#Cc2ccc(-c3ccc(S(C)=O)s3)s2)cc1. The van der Waals surface area contributed by atoms with Crippen molar-refractivity contribution in [1.29, 1.82) is 0 Å². The van der Waals surface area contributed by atoms with Gasteiger partial charge in [-0.1, -0.05) is 37.8 Å². The summed E-state index contributed by atoms with van der Waals surface area (Å²) in [5.74, 6) is 7.01. The topological polar surface area (TPSA) is 17.1 Å². The monoisotopic (exact) mass is 370 g/mol. The molecule has 1 nitrogen and oxygen atoms in total. The molecular weight excluding hydrogens is 352 g/mol. The van der Waals surface area contributed by atoms with Gasteiger partial charge in [0.05, 0.1) is 19.9 Å². The van der Waals surface area contributed by atoms with Gasteiger partial charge < -0.3 is 0 Å². The summed E-state index contributed by atoms with van der Waals surface area (Å²) in [6.45, 7) is 4.38. The van der Waals surface area contributed by atoms with E-state index in [9.17, 15) is 4.21 Å². The number of rotatable bonds is 3. The summed E-state index contributed by atoms with van der Waals surface area (Å²) in [7, 11) is -0.914. The van der Waals surface area contributed by atoms with E-state index in [0.29, 0.717) is 5.92 Å². The average Bonchev–Trinajstić information content (AvgIpc) is 3.22. The van der Waals surface area contributed by atoms with Gasteiger partial charge in [0.15, 0.2) is 0 Å². The van der Waals surface area contributed by atoms with Gasteiger partial charge in [0.1, 0.15) is 0 Å². The Morgan fingerprint density at radius 2 is 1.54 bits per heavy atom. The molecule has 0 fully saturated rings. The fraction of sp³-hybridized carbons (Fsp3) is 0.200. The van der Waals surface area contributed by atoms with Crippen LogP contribution in [0, 0.1) is 11.8 Å². The first-order chi connectivity index (χ1) is 11.5. The Hall–Kier alpha value is -1.67. The first kappa shape index (κ1) is 17.2. The van der Waals surface area contributed by atoms with E-state index in [0.717, 1.165) is 19.5 Å². The van der Waals surface area contributed by atoms with Crippen LogP contribution in [0.15, 0.2) is 52.7 Å². The van der Waals surface area contributed by atoms with E-state index >= 15 is 0 Å². The van der Waals surface area contributed by atoms with Crippen LogP contribution in [-0.4, -0.2) is 10.5 Å². The van der Waals surface area contributed by atoms with Crippen LogP contribution in [0.25, 0.3) is 9.75 Å². The molecular formula is C20H18OS3. The lowest BCUT2D eigenvalue weighted by atomic mass is 10.0. The Kier molecular flexibility index (Phi) is 5.35. The van der Waals surface area contributed by atoms with E-state index in [1.54, 1.807) is 28.9 Å². The van der Waals surface area contributed by atoms with Crippen molar-refractivity contribution < 1.29 is 4.21 Å². The molecule has 1 atom stereocenters. The second-order valence-electron chi connectivity index (χ2n) is 5.76. The molecule has 0 radical (unpaired) electrons. The second-order valence-corrected chi connectivity index (χ2v) is 9.54. The van der Waals surface area contributed by atoms with Gasteiger partial charge in [-0.2, -0.15) is 0 Å². The lowest BCUT2D eigenvalue weighted by Gasteiger charge is -2.03. The summed E-state index contributed by atoms with van der Waals surface area (Å²) < 4.78 is 12.4. The van der Waals surface area contributed by atoms with Crippen LogP contribution < -0.4 is 0 Å². The Bertz CT molecular complexity index is 918. The molecule has 2 aromatic heterocycles. The maximum Gasteiger partial charge on any atom is 0.0914 e. The molecule has 0 bridgehead atoms. The maximum atomic E-state index is 11.5. The third kappa shape index (κ3) is 4.05. The van der Waals surface area contributed by atoms with E-state index in [1.165, 1.54) is 10.4 Å². The highest BCUT2D eigenvalue weighted by molar-refractivity contribution is 7.86. The molecule has 1 unspecified atom stereocenters. The van der Waals surface area contributed by atoms with Crippen LogP contribution in [0.4, 0.5) is 0 Å². The van der Waals surface area contributed by atoms with Crippen LogP contribution in [0.1, 0.15) is 35.8 Å². The molecule has 0 N–H and O–H groups in total. The minimum atomic E-state index is -0.914. The first-order valence-corrected chi connectivity index (χ1v) is 10.9. The molecule has 2 heterocycles. The third-order valence-electron chi connectivity index (χ3n) is 3.62. The summed E-state index contributed by atoms with van der Waals surface area (Å²) in [5.41, 5.74) is 2.37. The second kappa shape index (κ2) is 7.48. The minimum absolute atomic E-state index is 0.542. The zero-order chi connectivity index (χ0) is 17.1. The molecule has 0 amide bonds. The van der Waals surface area contributed by atoms with E-state index in [1.807, 2.05) is 12.1 Å². The van der Waals surface area contributed by atoms with Crippen LogP contribution in [0.5, 0.6) is 0 Å². The zero-order valence-corrected chi connectivity index (χ0v) is 16.3. The number of hydrogen-bond acceptors (Lipinski definition) is 3. The van der Waals surface area contributed by atoms with E-state index in [4.69, 9.17) is 0 Å². The van der Waals surface area contributed by atoms with Crippen LogP contribution in [0.3, 0.4) is 0 Å². The Balaban J connectivity index is 1.77. The molecule has 4 heteroatoms. The first-order valence-electron chi connectivity index (χ1n) is 7.68. The Morgan fingerprint density at radius 3 is 2.17 bits per heavy atom. The number of hydrogen-bond donors (Lipinski definition) is 0. The highest BCUT2D eigenvalue weighted by Gasteiger charge is 2.07. The summed E-state index contributed by atoms with van der Waals surface area (Å²) >= 11 is 3.26. The van der Waals surface area contributed by atoms with Crippen LogP contribution in [-0.2, 0) is 10.8 Å². The van der Waals surface area contributed by atoms with Crippen molar-refractivity contribution in [3.8, 4) is 21.6 Å². The van der Waals surface area contributed by atoms with Crippen molar-refractivity contribution in [3.63, 3.8) is 0 Å². The normalized spacial score (nSPS) is 12.0. The Morgan fingerprint density at radius 1 is 0.875 bits per heavy atom. The van der Waals surface area contributed by atoms with Crippen molar-refractivity contribution >= 4 is 33.5 Å². The lowest BCUT2D eigenvalue weighted by molar-refractivity contribution is 0.688. The molecule has 3 aromatic rings. The van der Waals surface area contributed by atoms with Gasteiger partial charge >= 0.3 is 0 Å². The molecule has 122 valence electrons. The van der Waals surface area contributed by atoms with Crippen molar-refractivity contribution in [1.82, 2.24) is 0 Å². The molecule has 24 heavy (non-hydrogen) atoms. The molecule has 0 aliphatic carbocycles. The van der Waals surface area contributed by atoms with Crippen molar-refractivity contribution in [2.24, 2.45) is 0 Å². The molecule has 0 aliphatic heterocycles. The predicted octanol–water partition coefficient (Wildman–Crippen LogP) is 5.74. The van der Waals surface area contributed by atoms with E-state index in [2.05, 4.69) is 62.1 Å².